The number of carbonyl (C=O) groups excluding carboxylic acids is 1. The number of ether oxygens (including phenoxy) is 4. The van der Waals surface area contributed by atoms with E-state index in [2.05, 4.69) is 152 Å². The Morgan fingerprint density at radius 1 is 0.477 bits per heavy atom. The smallest absolute Gasteiger partial charge is 0.172 e. The van der Waals surface area contributed by atoms with Gasteiger partial charge in [-0.1, -0.05) is 211 Å². The van der Waals surface area contributed by atoms with Gasteiger partial charge in [0.05, 0.1) is 19.8 Å². The van der Waals surface area contributed by atoms with Gasteiger partial charge in [-0.25, -0.2) is 0 Å². The average Bonchev–Trinajstić information content (AvgIpc) is 1.61. The maximum absolute atomic E-state index is 11.4. The largest absolute Gasteiger partial charge is 0.496 e. The second-order valence-electron chi connectivity index (χ2n) is 29.9. The zero-order valence-corrected chi connectivity index (χ0v) is 66.6. The highest BCUT2D eigenvalue weighted by Crippen LogP contribution is 2.50. The van der Waals surface area contributed by atoms with Crippen LogP contribution in [0.2, 0.25) is 0 Å². The van der Waals surface area contributed by atoms with Crippen LogP contribution in [0.3, 0.4) is 0 Å². The monoisotopic (exact) mass is 1430 g/mol. The molecule has 0 amide bonds. The molecule has 4 aliphatic rings. The van der Waals surface area contributed by atoms with E-state index >= 15 is 0 Å². The van der Waals surface area contributed by atoms with Crippen molar-refractivity contribution in [1.29, 1.82) is 31.6 Å². The predicted octanol–water partition coefficient (Wildman–Crippen LogP) is 23.6. The van der Waals surface area contributed by atoms with Gasteiger partial charge in [-0.15, -0.1) is 0 Å². The molecular weight excluding hydrogens is 1320 g/mol. The topological polar surface area (TPSA) is 203 Å². The summed E-state index contributed by atoms with van der Waals surface area (Å²) in [5.74, 6) is 1.90. The third-order valence-corrected chi connectivity index (χ3v) is 20.6. The van der Waals surface area contributed by atoms with E-state index in [1.54, 1.807) is 39.4 Å². The molecule has 2 unspecified atom stereocenters. The van der Waals surface area contributed by atoms with Crippen LogP contribution >= 0.6 is 0 Å². The normalized spacial score (nSPS) is 18.7. The van der Waals surface area contributed by atoms with Crippen LogP contribution in [0.25, 0.3) is 12.2 Å². The Kier molecular flexibility index (Phi) is 33.5. The summed E-state index contributed by atoms with van der Waals surface area (Å²) in [5.41, 5.74) is 13.9. The first kappa shape index (κ1) is 85.4. The van der Waals surface area contributed by atoms with Gasteiger partial charge in [0.15, 0.2) is 33.9 Å². The first-order chi connectivity index (χ1) is 51.5. The Bertz CT molecular complexity index is 4320. The summed E-state index contributed by atoms with van der Waals surface area (Å²) in [6.45, 7) is 32.4. The Labute approximate surface area is 641 Å². The average molecular weight is 1440 g/mol. The first-order valence-electron chi connectivity index (χ1n) is 38.6. The summed E-state index contributed by atoms with van der Waals surface area (Å²) < 4.78 is 24.0. The lowest BCUT2D eigenvalue weighted by molar-refractivity contribution is -0.104. The molecule has 13 nitrogen and oxygen atoms in total. The molecule has 0 fully saturated rings. The molecule has 4 aromatic carbocycles. The molecule has 0 saturated heterocycles. The van der Waals surface area contributed by atoms with Gasteiger partial charge in [0.1, 0.15) is 59.8 Å². The Morgan fingerprint density at radius 2 is 0.860 bits per heavy atom. The van der Waals surface area contributed by atoms with Crippen molar-refractivity contribution in [1.82, 2.24) is 0 Å². The van der Waals surface area contributed by atoms with E-state index in [9.17, 15) is 25.8 Å². The molecule has 2 atom stereocenters. The van der Waals surface area contributed by atoms with Crippen LogP contribution in [0, 0.1) is 78.8 Å². The molecule has 0 aromatic heterocycles. The van der Waals surface area contributed by atoms with Crippen molar-refractivity contribution in [3.8, 4) is 47.9 Å². The SMILES string of the molecule is CC1=C(C#N)C(=C(C#N)C#N)OC1(C)c1ccccc1.CCCCC1=C(/C=C/c2ccc(N(CCCC)CCCC)cc2OC)CC(C)(C)C/C1=C\C=C\C1=C(C#N)C(=C(C#N)C#N)OC1(C)c1ccccc1.CCCCC1=C(/C=C/c2ccc(N(CCCC)CCCC)cc2OC)CC(C)(C)C/C1=C\C=O. The van der Waals surface area contributed by atoms with Crippen LogP contribution < -0.4 is 19.3 Å². The van der Waals surface area contributed by atoms with Crippen molar-refractivity contribution in [2.24, 2.45) is 10.8 Å². The van der Waals surface area contributed by atoms with E-state index in [1.807, 2.05) is 105 Å². The second-order valence-corrected chi connectivity index (χ2v) is 29.9. The molecular formula is C94H114N8O5. The molecule has 0 saturated carbocycles. The van der Waals surface area contributed by atoms with Crippen LogP contribution in [0.15, 0.2) is 212 Å². The van der Waals surface area contributed by atoms with Gasteiger partial charge in [-0.3, -0.25) is 4.79 Å². The fraction of sp³-hybridized carbons (Fsp3) is 0.436. The predicted molar refractivity (Wildman–Crippen MR) is 436 cm³/mol. The van der Waals surface area contributed by atoms with Gasteiger partial charge < -0.3 is 28.7 Å². The fourth-order valence-electron chi connectivity index (χ4n) is 14.4. The van der Waals surface area contributed by atoms with Gasteiger partial charge in [-0.05, 0) is 189 Å². The van der Waals surface area contributed by atoms with Crippen LogP contribution in [-0.4, -0.2) is 46.7 Å². The molecule has 0 spiro atoms. The molecule has 107 heavy (non-hydrogen) atoms. The summed E-state index contributed by atoms with van der Waals surface area (Å²) >= 11 is 0. The quantitative estimate of drug-likeness (QED) is 0.0262. The highest BCUT2D eigenvalue weighted by Gasteiger charge is 2.45. The fourth-order valence-corrected chi connectivity index (χ4v) is 14.4. The van der Waals surface area contributed by atoms with Crippen molar-refractivity contribution < 1.29 is 23.7 Å². The summed E-state index contributed by atoms with van der Waals surface area (Å²) in [5, 5.41) is 56.9. The standard InChI is InChI=1S/C47H56N4O2.C31H47NO2.C16H11N3O/c1-8-11-21-41-36(18-17-22-43-42(34-50)45(38(32-48)33-49)53-47(43,6)39-19-15-14-16-20-39)30-46(4,5)31-37(41)24-23-35-25-26-40(29-44(35)52-7)51(27-12-9-2)28-13-10-3;1-7-10-13-29-26(23-31(4,5)24-27(29)18-21-33)15-14-25-16-17-28(22-30(25)34-6)32(19-11-8-2)20-12-9-3;1-11-14(10-19)15(12(8-17)9-18)20-16(11,2)13-6-4-3-5-7-13/h14-20,22-26,29H,8-13,21,27-28,30-31H2,1-7H3;14-18,21-22H,7-13,19-20,23-24H2,1-6H3;3-7H,1-2H3/b22-17+,24-23+,36-18+;15-14+,27-18+;. The zero-order valence-electron chi connectivity index (χ0n) is 66.6. The van der Waals surface area contributed by atoms with Gasteiger partial charge in [0.25, 0.3) is 0 Å². The lowest BCUT2D eigenvalue weighted by atomic mass is 9.70. The van der Waals surface area contributed by atoms with E-state index in [1.165, 1.54) is 96.2 Å². The Hall–Kier alpha value is -10.6. The molecule has 13 heteroatoms. The second kappa shape index (κ2) is 41.9. The zero-order chi connectivity index (χ0) is 78.2. The van der Waals surface area contributed by atoms with Crippen molar-refractivity contribution in [2.75, 3.05) is 50.2 Å². The summed E-state index contributed by atoms with van der Waals surface area (Å²) in [6, 6.07) is 44.0. The summed E-state index contributed by atoms with van der Waals surface area (Å²) in [7, 11) is 3.52. The number of anilines is 2. The number of hydrogen-bond acceptors (Lipinski definition) is 13. The third kappa shape index (κ3) is 22.5. The van der Waals surface area contributed by atoms with Crippen molar-refractivity contribution >= 4 is 29.8 Å². The van der Waals surface area contributed by atoms with E-state index in [0.29, 0.717) is 11.1 Å². The Morgan fingerprint density at radius 3 is 1.23 bits per heavy atom. The van der Waals surface area contributed by atoms with Crippen molar-refractivity contribution in [3.63, 3.8) is 0 Å². The van der Waals surface area contributed by atoms with Gasteiger partial charge in [0.2, 0.25) is 0 Å². The summed E-state index contributed by atoms with van der Waals surface area (Å²) in [4.78, 5) is 16.3. The number of benzene rings is 4. The molecule has 0 N–H and O–H groups in total. The number of carbonyl (C=O) groups is 1. The summed E-state index contributed by atoms with van der Waals surface area (Å²) in [6.07, 6.45) is 37.7. The van der Waals surface area contributed by atoms with Gasteiger partial charge in [-0.2, -0.15) is 31.6 Å². The van der Waals surface area contributed by atoms with Crippen molar-refractivity contribution in [3.05, 3.63) is 234 Å². The molecule has 4 aromatic rings. The molecule has 8 rings (SSSR count). The van der Waals surface area contributed by atoms with E-state index in [-0.39, 0.29) is 44.6 Å². The highest BCUT2D eigenvalue weighted by molar-refractivity contribution is 5.71. The van der Waals surface area contributed by atoms with Crippen LogP contribution in [0.1, 0.15) is 228 Å². The van der Waals surface area contributed by atoms with Crippen LogP contribution in [-0.2, 0) is 25.5 Å². The minimum Gasteiger partial charge on any atom is -0.496 e. The molecule has 0 bridgehead atoms. The lowest BCUT2D eigenvalue weighted by Gasteiger charge is -2.34. The lowest BCUT2D eigenvalue weighted by Crippen LogP contribution is -2.25. The molecule has 0 radical (unpaired) electrons. The van der Waals surface area contributed by atoms with Crippen molar-refractivity contribution in [2.45, 2.75) is 217 Å². The number of hydrogen-bond donors (Lipinski definition) is 0. The highest BCUT2D eigenvalue weighted by atomic mass is 16.5. The number of nitriles is 6. The number of nitrogens with zero attached hydrogens (tertiary/aromatic N) is 8. The number of allylic oxidation sites excluding steroid dienone is 15. The third-order valence-electron chi connectivity index (χ3n) is 20.6. The van der Waals surface area contributed by atoms with E-state index in [4.69, 9.17) is 29.5 Å². The van der Waals surface area contributed by atoms with Crippen LogP contribution in [0.5, 0.6) is 11.5 Å². The van der Waals surface area contributed by atoms with Gasteiger partial charge >= 0.3 is 0 Å². The maximum atomic E-state index is 11.4. The molecule has 2 aliphatic carbocycles. The van der Waals surface area contributed by atoms with Crippen LogP contribution in [0.4, 0.5) is 11.4 Å². The number of methoxy groups -OCH3 is 2. The number of unbranched alkanes of at least 4 members (excludes halogenated alkanes) is 6. The molecule has 2 aliphatic heterocycles. The minimum atomic E-state index is -1.05. The van der Waals surface area contributed by atoms with E-state index in [0.717, 1.165) is 130 Å². The molecule has 560 valence electrons. The number of aldehydes is 1. The minimum absolute atomic E-state index is 0.0315. The maximum Gasteiger partial charge on any atom is 0.172 e. The van der Waals surface area contributed by atoms with Gasteiger partial charge in [0, 0.05) is 66.4 Å². The van der Waals surface area contributed by atoms with E-state index < -0.39 is 11.2 Å². The Balaban J connectivity index is 0.000000281. The number of rotatable bonds is 31. The first-order valence-corrected chi connectivity index (χ1v) is 38.6. The molecule has 2 heterocycles.